The summed E-state index contributed by atoms with van der Waals surface area (Å²) in [5.41, 5.74) is 0. The Kier molecular flexibility index (Phi) is 6.07. The van der Waals surface area contributed by atoms with Crippen LogP contribution < -0.4 is 5.32 Å². The lowest BCUT2D eigenvalue weighted by molar-refractivity contribution is -0.145. The molecule has 1 aliphatic heterocycles. The molecular weight excluding hydrogens is 236 g/mol. The molecule has 18 heavy (non-hydrogen) atoms. The summed E-state index contributed by atoms with van der Waals surface area (Å²) in [6.45, 7) is 3.79. The molecule has 2 unspecified atom stereocenters. The highest BCUT2D eigenvalue weighted by Crippen LogP contribution is 2.19. The molecule has 0 radical (unpaired) electrons. The van der Waals surface area contributed by atoms with Gasteiger partial charge >= 0.3 is 5.97 Å². The third kappa shape index (κ3) is 4.62. The molecule has 0 aromatic rings. The normalized spacial score (nSPS) is 21.6. The van der Waals surface area contributed by atoms with Crippen molar-refractivity contribution in [3.8, 4) is 0 Å². The van der Waals surface area contributed by atoms with Gasteiger partial charge in [-0.25, -0.2) is 4.79 Å². The lowest BCUT2D eigenvalue weighted by Gasteiger charge is -2.22. The zero-order chi connectivity index (χ0) is 13.5. The molecular formula is C12H22N2O4. The van der Waals surface area contributed by atoms with Crippen LogP contribution in [0.1, 0.15) is 19.8 Å². The molecule has 6 nitrogen and oxygen atoms in total. The third-order valence-electron chi connectivity index (χ3n) is 3.21. The fourth-order valence-corrected chi connectivity index (χ4v) is 2.32. The highest BCUT2D eigenvalue weighted by Gasteiger charge is 2.28. The Morgan fingerprint density at radius 2 is 2.28 bits per heavy atom. The topological polar surface area (TPSA) is 78.9 Å². The molecule has 0 spiro atoms. The van der Waals surface area contributed by atoms with Gasteiger partial charge < -0.3 is 20.1 Å². The molecule has 0 aliphatic carbocycles. The van der Waals surface area contributed by atoms with E-state index in [1.54, 1.807) is 0 Å². The maximum Gasteiger partial charge on any atom is 0.329 e. The third-order valence-corrected chi connectivity index (χ3v) is 3.21. The van der Waals surface area contributed by atoms with Gasteiger partial charge in [-0.2, -0.15) is 0 Å². The second kappa shape index (κ2) is 7.33. The number of ether oxygens (including phenoxy) is 1. The van der Waals surface area contributed by atoms with Gasteiger partial charge in [0.1, 0.15) is 6.04 Å². The Morgan fingerprint density at radius 1 is 1.56 bits per heavy atom. The molecule has 1 fully saturated rings. The van der Waals surface area contributed by atoms with Crippen LogP contribution in [0.2, 0.25) is 0 Å². The Labute approximate surface area is 107 Å². The first kappa shape index (κ1) is 14.9. The van der Waals surface area contributed by atoms with E-state index >= 15 is 0 Å². The van der Waals surface area contributed by atoms with Crippen molar-refractivity contribution in [3.63, 3.8) is 0 Å². The van der Waals surface area contributed by atoms with Gasteiger partial charge in [0, 0.05) is 26.6 Å². The van der Waals surface area contributed by atoms with Crippen molar-refractivity contribution < 1.29 is 19.4 Å². The van der Waals surface area contributed by atoms with E-state index < -0.39 is 12.0 Å². The average Bonchev–Trinajstić information content (AvgIpc) is 2.75. The number of hydrogen-bond donors (Lipinski definition) is 2. The van der Waals surface area contributed by atoms with Crippen LogP contribution in [0.3, 0.4) is 0 Å². The largest absolute Gasteiger partial charge is 0.467 e. The summed E-state index contributed by atoms with van der Waals surface area (Å²) >= 11 is 0. The van der Waals surface area contributed by atoms with E-state index in [-0.39, 0.29) is 12.5 Å². The van der Waals surface area contributed by atoms with Gasteiger partial charge in [-0.1, -0.05) is 0 Å². The number of aliphatic hydroxyl groups is 1. The molecule has 0 aromatic heterocycles. The van der Waals surface area contributed by atoms with E-state index in [2.05, 4.69) is 15.0 Å². The Balaban J connectivity index is 2.46. The maximum atomic E-state index is 11.5. The van der Waals surface area contributed by atoms with Gasteiger partial charge in [0.25, 0.3) is 0 Å². The number of carbonyl (C=O) groups is 2. The molecule has 2 atom stereocenters. The monoisotopic (exact) mass is 258 g/mol. The summed E-state index contributed by atoms with van der Waals surface area (Å²) in [4.78, 5) is 24.7. The summed E-state index contributed by atoms with van der Waals surface area (Å²) in [5.74, 6) is -0.182. The van der Waals surface area contributed by atoms with Gasteiger partial charge in [0.15, 0.2) is 0 Å². The summed E-state index contributed by atoms with van der Waals surface area (Å²) in [5, 5.41) is 11.5. The van der Waals surface area contributed by atoms with E-state index in [0.29, 0.717) is 12.5 Å². The van der Waals surface area contributed by atoms with Crippen LogP contribution in [0.25, 0.3) is 0 Å². The minimum atomic E-state index is -0.611. The summed E-state index contributed by atoms with van der Waals surface area (Å²) in [7, 11) is 1.32. The Hall–Kier alpha value is -1.14. The zero-order valence-electron chi connectivity index (χ0n) is 11.0. The van der Waals surface area contributed by atoms with Gasteiger partial charge in [0.2, 0.25) is 5.91 Å². The molecule has 2 N–H and O–H groups in total. The molecule has 1 heterocycles. The predicted molar refractivity (Wildman–Crippen MR) is 65.9 cm³/mol. The zero-order valence-corrected chi connectivity index (χ0v) is 11.0. The lowest BCUT2D eigenvalue weighted by atomic mass is 10.1. The Morgan fingerprint density at radius 3 is 2.83 bits per heavy atom. The van der Waals surface area contributed by atoms with Crippen LogP contribution in [0.4, 0.5) is 0 Å². The molecule has 1 saturated heterocycles. The van der Waals surface area contributed by atoms with Crippen LogP contribution in [-0.4, -0.2) is 61.3 Å². The van der Waals surface area contributed by atoms with Crippen molar-refractivity contribution in [2.75, 3.05) is 33.4 Å². The number of likely N-dealkylation sites (tertiary alicyclic amines) is 1. The number of aliphatic hydroxyl groups excluding tert-OH is 1. The molecule has 1 rings (SSSR count). The molecule has 104 valence electrons. The first-order valence-electron chi connectivity index (χ1n) is 6.25. The second-order valence-electron chi connectivity index (χ2n) is 4.70. The SMILES string of the molecule is COC(=O)C(CN1CCC(CCO)C1)NC(C)=O. The number of nitrogens with one attached hydrogen (secondary N) is 1. The molecule has 0 bridgehead atoms. The quantitative estimate of drug-likeness (QED) is 0.620. The Bertz CT molecular complexity index is 296. The van der Waals surface area contributed by atoms with Crippen molar-refractivity contribution in [1.82, 2.24) is 10.2 Å². The van der Waals surface area contributed by atoms with Crippen LogP contribution in [0, 0.1) is 5.92 Å². The first-order chi connectivity index (χ1) is 8.56. The molecule has 0 saturated carbocycles. The number of nitrogens with zero attached hydrogens (tertiary/aromatic N) is 1. The van der Waals surface area contributed by atoms with Crippen molar-refractivity contribution >= 4 is 11.9 Å². The number of amides is 1. The summed E-state index contributed by atoms with van der Waals surface area (Å²) in [6.07, 6.45) is 1.81. The predicted octanol–water partition coefficient (Wildman–Crippen LogP) is -0.632. The van der Waals surface area contributed by atoms with Gasteiger partial charge in [-0.05, 0) is 25.3 Å². The van der Waals surface area contributed by atoms with Crippen molar-refractivity contribution in [3.05, 3.63) is 0 Å². The van der Waals surface area contributed by atoms with Crippen molar-refractivity contribution in [2.24, 2.45) is 5.92 Å². The fraction of sp³-hybridized carbons (Fsp3) is 0.833. The second-order valence-corrected chi connectivity index (χ2v) is 4.70. The maximum absolute atomic E-state index is 11.5. The van der Waals surface area contributed by atoms with E-state index in [4.69, 9.17) is 5.11 Å². The van der Waals surface area contributed by atoms with E-state index in [1.165, 1.54) is 14.0 Å². The van der Waals surface area contributed by atoms with Crippen molar-refractivity contribution in [2.45, 2.75) is 25.8 Å². The number of esters is 1. The summed E-state index contributed by atoms with van der Waals surface area (Å²) < 4.78 is 4.68. The van der Waals surface area contributed by atoms with Crippen LogP contribution in [-0.2, 0) is 14.3 Å². The highest BCUT2D eigenvalue weighted by atomic mass is 16.5. The van der Waals surface area contributed by atoms with Gasteiger partial charge in [0.05, 0.1) is 7.11 Å². The number of methoxy groups -OCH3 is 1. The average molecular weight is 258 g/mol. The molecule has 6 heteroatoms. The number of rotatable bonds is 6. The number of hydrogen-bond acceptors (Lipinski definition) is 5. The molecule has 1 aliphatic rings. The van der Waals surface area contributed by atoms with Gasteiger partial charge in [-0.15, -0.1) is 0 Å². The minimum absolute atomic E-state index is 0.199. The number of carbonyl (C=O) groups excluding carboxylic acids is 2. The van der Waals surface area contributed by atoms with Crippen LogP contribution >= 0.6 is 0 Å². The van der Waals surface area contributed by atoms with E-state index in [0.717, 1.165) is 25.9 Å². The fourth-order valence-electron chi connectivity index (χ4n) is 2.32. The standard InChI is InChI=1S/C12H22N2O4/c1-9(16)13-11(12(17)18-2)8-14-5-3-10(7-14)4-6-15/h10-11,15H,3-8H2,1-2H3,(H,13,16). The molecule has 1 amide bonds. The minimum Gasteiger partial charge on any atom is -0.467 e. The summed E-state index contributed by atoms with van der Waals surface area (Å²) in [6, 6.07) is -0.611. The molecule has 0 aromatic carbocycles. The highest BCUT2D eigenvalue weighted by molar-refractivity contribution is 5.83. The smallest absolute Gasteiger partial charge is 0.329 e. The van der Waals surface area contributed by atoms with Gasteiger partial charge in [-0.3, -0.25) is 4.79 Å². The van der Waals surface area contributed by atoms with E-state index in [1.807, 2.05) is 0 Å². The van der Waals surface area contributed by atoms with Crippen LogP contribution in [0.5, 0.6) is 0 Å². The first-order valence-corrected chi connectivity index (χ1v) is 6.25. The van der Waals surface area contributed by atoms with E-state index in [9.17, 15) is 9.59 Å². The van der Waals surface area contributed by atoms with Crippen LogP contribution in [0.15, 0.2) is 0 Å². The van der Waals surface area contributed by atoms with Crippen molar-refractivity contribution in [1.29, 1.82) is 0 Å². The lowest BCUT2D eigenvalue weighted by Crippen LogP contribution is -2.48.